The van der Waals surface area contributed by atoms with Crippen molar-refractivity contribution in [2.75, 3.05) is 5.32 Å². The minimum absolute atomic E-state index is 0.197. The maximum absolute atomic E-state index is 13.1. The van der Waals surface area contributed by atoms with Crippen LogP contribution in [0.5, 0.6) is 0 Å². The lowest BCUT2D eigenvalue weighted by Crippen LogP contribution is -2.11. The zero-order chi connectivity index (χ0) is 13.1. The van der Waals surface area contributed by atoms with Gasteiger partial charge in [0.25, 0.3) is 5.91 Å². The number of hydrogen-bond acceptors (Lipinski definition) is 1. The molecular weight excluding hydrogens is 344 g/mol. The Morgan fingerprint density at radius 2 is 1.83 bits per heavy atom. The highest BCUT2D eigenvalue weighted by Gasteiger charge is 2.06. The molecule has 0 saturated heterocycles. The van der Waals surface area contributed by atoms with Crippen LogP contribution in [0.4, 0.5) is 10.1 Å². The maximum Gasteiger partial charge on any atom is 0.255 e. The molecule has 0 saturated carbocycles. The van der Waals surface area contributed by atoms with Crippen molar-refractivity contribution in [3.8, 4) is 0 Å². The number of carbonyl (C=O) groups is 1. The van der Waals surface area contributed by atoms with E-state index in [0.29, 0.717) is 16.8 Å². The fourth-order valence-electron chi connectivity index (χ4n) is 1.53. The third-order valence-electron chi connectivity index (χ3n) is 2.52. The molecule has 2 aromatic carbocycles. The van der Waals surface area contributed by atoms with Gasteiger partial charge in [0.15, 0.2) is 0 Å². The molecule has 0 bridgehead atoms. The van der Waals surface area contributed by atoms with Crippen LogP contribution < -0.4 is 5.32 Å². The number of carbonyl (C=O) groups excluding carboxylic acids is 1. The molecule has 2 aromatic rings. The Balaban J connectivity index is 2.16. The second-order valence-electron chi connectivity index (χ2n) is 3.92. The number of anilines is 1. The van der Waals surface area contributed by atoms with Gasteiger partial charge in [-0.2, -0.15) is 0 Å². The van der Waals surface area contributed by atoms with E-state index in [9.17, 15) is 9.18 Å². The predicted octanol–water partition coefficient (Wildman–Crippen LogP) is 3.99. The summed E-state index contributed by atoms with van der Waals surface area (Å²) in [4.78, 5) is 11.9. The molecule has 0 spiro atoms. The third kappa shape index (κ3) is 3.07. The first-order valence-electron chi connectivity index (χ1n) is 5.39. The molecule has 0 fully saturated rings. The number of hydrogen-bond donors (Lipinski definition) is 1. The first kappa shape index (κ1) is 13.0. The lowest BCUT2D eigenvalue weighted by Gasteiger charge is -2.06. The van der Waals surface area contributed by atoms with Gasteiger partial charge in [0, 0.05) is 14.8 Å². The second kappa shape index (κ2) is 5.48. The highest BCUT2D eigenvalue weighted by Crippen LogP contribution is 2.15. The summed E-state index contributed by atoms with van der Waals surface area (Å²) < 4.78 is 14.2. The van der Waals surface area contributed by atoms with Crippen molar-refractivity contribution in [1.29, 1.82) is 0 Å². The van der Waals surface area contributed by atoms with E-state index in [1.165, 1.54) is 6.07 Å². The Morgan fingerprint density at radius 3 is 2.44 bits per heavy atom. The van der Waals surface area contributed by atoms with Crippen molar-refractivity contribution >= 4 is 34.2 Å². The van der Waals surface area contributed by atoms with Gasteiger partial charge in [-0.1, -0.05) is 0 Å². The summed E-state index contributed by atoms with van der Waals surface area (Å²) in [5.74, 6) is -0.473. The van der Waals surface area contributed by atoms with Crippen molar-refractivity contribution in [2.45, 2.75) is 6.92 Å². The Morgan fingerprint density at radius 1 is 1.17 bits per heavy atom. The van der Waals surface area contributed by atoms with Crippen molar-refractivity contribution in [3.63, 3.8) is 0 Å². The van der Waals surface area contributed by atoms with Gasteiger partial charge in [-0.25, -0.2) is 4.39 Å². The third-order valence-corrected chi connectivity index (χ3v) is 3.24. The lowest BCUT2D eigenvalue weighted by atomic mass is 10.2. The van der Waals surface area contributed by atoms with Gasteiger partial charge >= 0.3 is 0 Å². The SMILES string of the molecule is Cc1cc(NC(=O)c2ccc(I)cc2)ccc1F. The van der Waals surface area contributed by atoms with Crippen LogP contribution in [0.2, 0.25) is 0 Å². The minimum atomic E-state index is -0.276. The summed E-state index contributed by atoms with van der Waals surface area (Å²) in [5.41, 5.74) is 1.69. The molecule has 4 heteroatoms. The van der Waals surface area contributed by atoms with Gasteiger partial charge in [0.1, 0.15) is 5.82 Å². The van der Waals surface area contributed by atoms with Crippen LogP contribution in [0, 0.1) is 16.3 Å². The zero-order valence-corrected chi connectivity index (χ0v) is 11.9. The number of benzene rings is 2. The average Bonchev–Trinajstić information content (AvgIpc) is 2.34. The molecule has 0 aliphatic carbocycles. The number of halogens is 2. The molecule has 0 aromatic heterocycles. The molecule has 18 heavy (non-hydrogen) atoms. The summed E-state index contributed by atoms with van der Waals surface area (Å²) in [5, 5.41) is 2.74. The molecule has 1 N–H and O–H groups in total. The van der Waals surface area contributed by atoms with E-state index >= 15 is 0 Å². The number of aryl methyl sites for hydroxylation is 1. The molecule has 92 valence electrons. The highest BCUT2D eigenvalue weighted by atomic mass is 127. The molecule has 2 nitrogen and oxygen atoms in total. The van der Waals surface area contributed by atoms with Crippen LogP contribution in [0.25, 0.3) is 0 Å². The normalized spacial score (nSPS) is 10.2. The summed E-state index contributed by atoms with van der Waals surface area (Å²) >= 11 is 2.18. The van der Waals surface area contributed by atoms with Crippen LogP contribution in [0.1, 0.15) is 15.9 Å². The topological polar surface area (TPSA) is 29.1 Å². The van der Waals surface area contributed by atoms with E-state index in [1.54, 1.807) is 31.2 Å². The molecule has 1 amide bonds. The number of nitrogens with one attached hydrogen (secondary N) is 1. The van der Waals surface area contributed by atoms with E-state index in [4.69, 9.17) is 0 Å². The fourth-order valence-corrected chi connectivity index (χ4v) is 1.89. The molecule has 0 heterocycles. The van der Waals surface area contributed by atoms with Gasteiger partial charge in [-0.15, -0.1) is 0 Å². The fraction of sp³-hybridized carbons (Fsp3) is 0.0714. The molecule has 0 unspecified atom stereocenters. The van der Waals surface area contributed by atoms with E-state index in [1.807, 2.05) is 12.1 Å². The lowest BCUT2D eigenvalue weighted by molar-refractivity contribution is 0.102. The van der Waals surface area contributed by atoms with Crippen LogP contribution in [-0.2, 0) is 0 Å². The van der Waals surface area contributed by atoms with Gasteiger partial charge in [0.2, 0.25) is 0 Å². The molecule has 0 aliphatic heterocycles. The van der Waals surface area contributed by atoms with E-state index in [2.05, 4.69) is 27.9 Å². The molecular formula is C14H11FINO. The quantitative estimate of drug-likeness (QED) is 0.811. The Bertz CT molecular complexity index is 581. The van der Waals surface area contributed by atoms with Gasteiger partial charge in [0.05, 0.1) is 0 Å². The maximum atomic E-state index is 13.1. The van der Waals surface area contributed by atoms with Gasteiger partial charge in [-0.3, -0.25) is 4.79 Å². The van der Waals surface area contributed by atoms with E-state index in [-0.39, 0.29) is 11.7 Å². The van der Waals surface area contributed by atoms with Crippen LogP contribution in [-0.4, -0.2) is 5.91 Å². The van der Waals surface area contributed by atoms with E-state index in [0.717, 1.165) is 3.57 Å². The second-order valence-corrected chi connectivity index (χ2v) is 5.17. The van der Waals surface area contributed by atoms with Gasteiger partial charge < -0.3 is 5.32 Å². The van der Waals surface area contributed by atoms with Crippen molar-refractivity contribution in [1.82, 2.24) is 0 Å². The average molecular weight is 355 g/mol. The highest BCUT2D eigenvalue weighted by molar-refractivity contribution is 14.1. The monoisotopic (exact) mass is 355 g/mol. The molecule has 0 aliphatic rings. The summed E-state index contributed by atoms with van der Waals surface area (Å²) in [6.07, 6.45) is 0. The number of rotatable bonds is 2. The summed E-state index contributed by atoms with van der Waals surface area (Å²) in [6, 6.07) is 11.8. The van der Waals surface area contributed by atoms with Crippen molar-refractivity contribution in [2.24, 2.45) is 0 Å². The summed E-state index contributed by atoms with van der Waals surface area (Å²) in [6.45, 7) is 1.66. The molecule has 0 radical (unpaired) electrons. The van der Waals surface area contributed by atoms with Crippen LogP contribution in [0.3, 0.4) is 0 Å². The number of amides is 1. The van der Waals surface area contributed by atoms with Crippen molar-refractivity contribution < 1.29 is 9.18 Å². The van der Waals surface area contributed by atoms with Crippen LogP contribution in [0.15, 0.2) is 42.5 Å². The van der Waals surface area contributed by atoms with Gasteiger partial charge in [-0.05, 0) is 77.5 Å². The Labute approximate surface area is 118 Å². The van der Waals surface area contributed by atoms with E-state index < -0.39 is 0 Å². The Kier molecular flexibility index (Phi) is 3.96. The standard InChI is InChI=1S/C14H11FINO/c1-9-8-12(6-7-13(9)15)17-14(18)10-2-4-11(16)5-3-10/h2-8H,1H3,(H,17,18). The predicted molar refractivity (Wildman–Crippen MR) is 78.2 cm³/mol. The molecule has 2 rings (SSSR count). The smallest absolute Gasteiger partial charge is 0.255 e. The van der Waals surface area contributed by atoms with Crippen LogP contribution >= 0.6 is 22.6 Å². The molecule has 0 atom stereocenters. The first-order valence-corrected chi connectivity index (χ1v) is 6.47. The summed E-state index contributed by atoms with van der Waals surface area (Å²) in [7, 11) is 0. The van der Waals surface area contributed by atoms with Crippen molar-refractivity contribution in [3.05, 3.63) is 63.0 Å². The minimum Gasteiger partial charge on any atom is -0.322 e. The largest absolute Gasteiger partial charge is 0.322 e. The Hall–Kier alpha value is -1.43. The zero-order valence-electron chi connectivity index (χ0n) is 9.71. The first-order chi connectivity index (χ1) is 8.56.